The van der Waals surface area contributed by atoms with Crippen LogP contribution in [0, 0.1) is 0 Å². The van der Waals surface area contributed by atoms with E-state index in [9.17, 15) is 4.79 Å². The fraction of sp³-hybridized carbons (Fsp3) is 0.312. The summed E-state index contributed by atoms with van der Waals surface area (Å²) in [5.74, 6) is 1.03. The van der Waals surface area contributed by atoms with Crippen molar-refractivity contribution in [2.45, 2.75) is 25.3 Å². The maximum absolute atomic E-state index is 12.5. The number of carbonyl (C=O) groups is 1. The van der Waals surface area contributed by atoms with Crippen LogP contribution in [0.5, 0.6) is 0 Å². The Morgan fingerprint density at radius 1 is 1.30 bits per heavy atom. The first-order valence-electron chi connectivity index (χ1n) is 6.81. The van der Waals surface area contributed by atoms with E-state index in [1.165, 1.54) is 0 Å². The van der Waals surface area contributed by atoms with E-state index >= 15 is 0 Å². The van der Waals surface area contributed by atoms with E-state index in [0.717, 1.165) is 30.7 Å². The fourth-order valence-electron chi connectivity index (χ4n) is 2.72. The van der Waals surface area contributed by atoms with Gasteiger partial charge in [-0.15, -0.1) is 0 Å². The molecule has 1 aliphatic rings. The molecule has 3 nitrogen and oxygen atoms in total. The van der Waals surface area contributed by atoms with Gasteiger partial charge < -0.3 is 9.32 Å². The molecule has 1 aromatic carbocycles. The van der Waals surface area contributed by atoms with Crippen LogP contribution in [0.2, 0.25) is 5.02 Å². The van der Waals surface area contributed by atoms with Crippen molar-refractivity contribution in [3.05, 3.63) is 59.0 Å². The highest BCUT2D eigenvalue weighted by atomic mass is 35.5. The van der Waals surface area contributed by atoms with Gasteiger partial charge in [0.1, 0.15) is 5.76 Å². The number of benzene rings is 1. The average molecular weight is 290 g/mol. The Labute approximate surface area is 123 Å². The molecule has 0 spiro atoms. The number of rotatable bonds is 3. The third kappa shape index (κ3) is 2.73. The van der Waals surface area contributed by atoms with Gasteiger partial charge >= 0.3 is 0 Å². The molecule has 104 valence electrons. The maximum Gasteiger partial charge on any atom is 0.227 e. The normalized spacial score (nSPS) is 18.4. The molecule has 0 saturated carbocycles. The smallest absolute Gasteiger partial charge is 0.227 e. The predicted molar refractivity (Wildman–Crippen MR) is 77.6 cm³/mol. The van der Waals surface area contributed by atoms with Gasteiger partial charge in [-0.2, -0.15) is 0 Å². The van der Waals surface area contributed by atoms with E-state index in [1.54, 1.807) is 6.26 Å². The van der Waals surface area contributed by atoms with Crippen LogP contribution in [0.25, 0.3) is 0 Å². The molecule has 2 aromatic rings. The number of hydrogen-bond acceptors (Lipinski definition) is 2. The average Bonchev–Trinajstić information content (AvgIpc) is 3.11. The van der Waals surface area contributed by atoms with Gasteiger partial charge in [0.05, 0.1) is 18.7 Å². The van der Waals surface area contributed by atoms with E-state index < -0.39 is 0 Å². The highest BCUT2D eigenvalue weighted by Gasteiger charge is 2.31. The van der Waals surface area contributed by atoms with Gasteiger partial charge in [-0.25, -0.2) is 0 Å². The summed E-state index contributed by atoms with van der Waals surface area (Å²) in [4.78, 5) is 14.4. The van der Waals surface area contributed by atoms with Gasteiger partial charge in [0.25, 0.3) is 0 Å². The number of amides is 1. The van der Waals surface area contributed by atoms with Crippen molar-refractivity contribution >= 4 is 17.5 Å². The number of halogens is 1. The summed E-state index contributed by atoms with van der Waals surface area (Å²) in [6.45, 7) is 0.803. The first kappa shape index (κ1) is 13.3. The summed E-state index contributed by atoms with van der Waals surface area (Å²) < 4.78 is 5.45. The highest BCUT2D eigenvalue weighted by molar-refractivity contribution is 6.30. The summed E-state index contributed by atoms with van der Waals surface area (Å²) in [6.07, 6.45) is 4.07. The van der Waals surface area contributed by atoms with Crippen molar-refractivity contribution in [1.29, 1.82) is 0 Å². The molecule has 1 amide bonds. The summed E-state index contributed by atoms with van der Waals surface area (Å²) in [5.41, 5.74) is 0.990. The zero-order valence-electron chi connectivity index (χ0n) is 11.1. The van der Waals surface area contributed by atoms with E-state index in [-0.39, 0.29) is 11.9 Å². The molecule has 1 aliphatic heterocycles. The summed E-state index contributed by atoms with van der Waals surface area (Å²) in [7, 11) is 0. The van der Waals surface area contributed by atoms with Crippen molar-refractivity contribution in [3.8, 4) is 0 Å². The Morgan fingerprint density at radius 3 is 2.80 bits per heavy atom. The Bertz CT molecular complexity index is 577. The lowest BCUT2D eigenvalue weighted by atomic mass is 10.1. The van der Waals surface area contributed by atoms with Crippen molar-refractivity contribution in [2.24, 2.45) is 0 Å². The lowest BCUT2D eigenvalue weighted by Gasteiger charge is -2.23. The summed E-state index contributed by atoms with van der Waals surface area (Å²) in [6, 6.07) is 11.3. The summed E-state index contributed by atoms with van der Waals surface area (Å²) in [5, 5.41) is 0.691. The molecule has 1 atom stereocenters. The van der Waals surface area contributed by atoms with Gasteiger partial charge in [-0.1, -0.05) is 23.7 Å². The minimum atomic E-state index is 0.0878. The van der Waals surface area contributed by atoms with E-state index in [2.05, 4.69) is 0 Å². The van der Waals surface area contributed by atoms with Crippen molar-refractivity contribution in [1.82, 2.24) is 4.90 Å². The lowest BCUT2D eigenvalue weighted by Crippen LogP contribution is -2.31. The van der Waals surface area contributed by atoms with Gasteiger partial charge in [-0.3, -0.25) is 4.79 Å². The number of carbonyl (C=O) groups excluding carboxylic acids is 1. The molecule has 1 aromatic heterocycles. The Hall–Kier alpha value is -1.74. The van der Waals surface area contributed by atoms with Crippen molar-refractivity contribution in [2.75, 3.05) is 6.54 Å². The second-order valence-corrected chi connectivity index (χ2v) is 5.50. The van der Waals surface area contributed by atoms with Crippen LogP contribution in [0.3, 0.4) is 0 Å². The highest BCUT2D eigenvalue weighted by Crippen LogP contribution is 2.32. The Kier molecular flexibility index (Phi) is 3.79. The topological polar surface area (TPSA) is 33.5 Å². The zero-order valence-corrected chi connectivity index (χ0v) is 11.8. The molecular formula is C16H16ClNO2. The molecule has 0 radical (unpaired) electrons. The van der Waals surface area contributed by atoms with Gasteiger partial charge in [0, 0.05) is 11.6 Å². The quantitative estimate of drug-likeness (QED) is 0.860. The van der Waals surface area contributed by atoms with Crippen LogP contribution in [-0.2, 0) is 11.2 Å². The SMILES string of the molecule is O=C(Cc1ccc(Cl)cc1)N1CCC[C@H]1c1ccco1. The summed E-state index contributed by atoms with van der Waals surface area (Å²) >= 11 is 5.86. The van der Waals surface area contributed by atoms with Crippen LogP contribution >= 0.6 is 11.6 Å². The van der Waals surface area contributed by atoms with E-state index in [4.69, 9.17) is 16.0 Å². The maximum atomic E-state index is 12.5. The first-order chi connectivity index (χ1) is 9.74. The van der Waals surface area contributed by atoms with Gasteiger partial charge in [0.2, 0.25) is 5.91 Å². The van der Waals surface area contributed by atoms with Gasteiger partial charge in [-0.05, 0) is 42.7 Å². The molecule has 0 N–H and O–H groups in total. The molecule has 20 heavy (non-hydrogen) atoms. The first-order valence-corrected chi connectivity index (χ1v) is 7.19. The van der Waals surface area contributed by atoms with Crippen LogP contribution < -0.4 is 0 Å². The minimum Gasteiger partial charge on any atom is -0.467 e. The lowest BCUT2D eigenvalue weighted by molar-refractivity contribution is -0.131. The van der Waals surface area contributed by atoms with Crippen LogP contribution in [-0.4, -0.2) is 17.4 Å². The largest absolute Gasteiger partial charge is 0.467 e. The minimum absolute atomic E-state index is 0.0878. The second-order valence-electron chi connectivity index (χ2n) is 5.06. The van der Waals surface area contributed by atoms with Crippen molar-refractivity contribution in [3.63, 3.8) is 0 Å². The van der Waals surface area contributed by atoms with Crippen molar-refractivity contribution < 1.29 is 9.21 Å². The number of nitrogens with zero attached hydrogens (tertiary/aromatic N) is 1. The predicted octanol–water partition coefficient (Wildman–Crippen LogP) is 3.84. The molecule has 0 bridgehead atoms. The number of hydrogen-bond donors (Lipinski definition) is 0. The third-order valence-electron chi connectivity index (χ3n) is 3.71. The van der Waals surface area contributed by atoms with Crippen LogP contribution in [0.1, 0.15) is 30.2 Å². The molecule has 2 heterocycles. The molecule has 4 heteroatoms. The Balaban J connectivity index is 1.71. The Morgan fingerprint density at radius 2 is 2.10 bits per heavy atom. The fourth-order valence-corrected chi connectivity index (χ4v) is 2.85. The number of likely N-dealkylation sites (tertiary alicyclic amines) is 1. The standard InChI is InChI=1S/C16H16ClNO2/c17-13-7-5-12(6-8-13)11-16(19)18-9-1-3-14(18)15-4-2-10-20-15/h2,4-8,10,14H,1,3,9,11H2/t14-/m0/s1. The molecule has 0 aliphatic carbocycles. The molecule has 3 rings (SSSR count). The van der Waals surface area contributed by atoms with E-state index in [1.807, 2.05) is 41.3 Å². The molecule has 1 fully saturated rings. The van der Waals surface area contributed by atoms with Gasteiger partial charge in [0.15, 0.2) is 0 Å². The molecule has 0 unspecified atom stereocenters. The monoisotopic (exact) mass is 289 g/mol. The molecular weight excluding hydrogens is 274 g/mol. The van der Waals surface area contributed by atoms with Crippen LogP contribution in [0.4, 0.5) is 0 Å². The molecule has 1 saturated heterocycles. The second kappa shape index (κ2) is 5.71. The van der Waals surface area contributed by atoms with E-state index in [0.29, 0.717) is 11.4 Å². The zero-order chi connectivity index (χ0) is 13.9. The number of furan rings is 1. The third-order valence-corrected chi connectivity index (χ3v) is 3.97. The van der Waals surface area contributed by atoms with Crippen LogP contribution in [0.15, 0.2) is 47.1 Å².